The Hall–Kier alpha value is -0.830. The van der Waals surface area contributed by atoms with Crippen LogP contribution in [-0.4, -0.2) is 22.1 Å². The number of rotatable bonds is 4. The Morgan fingerprint density at radius 2 is 2.29 bits per heavy atom. The molecule has 3 heteroatoms. The zero-order chi connectivity index (χ0) is 12.3. The Labute approximate surface area is 105 Å². The molecule has 1 heterocycles. The molecule has 1 aliphatic carbocycles. The molecule has 0 bridgehead atoms. The maximum atomic E-state index is 4.20. The highest BCUT2D eigenvalue weighted by molar-refractivity contribution is 4.94. The van der Waals surface area contributed by atoms with Crippen molar-refractivity contribution in [2.75, 3.05) is 6.54 Å². The predicted molar refractivity (Wildman–Crippen MR) is 71.0 cm³/mol. The number of nitrogens with one attached hydrogen (secondary N) is 1. The standard InChI is InChI=1S/C14H25N3/c1-4-7-16-12-5-6-14(2,3)10-13(12)17-9-8-15-11-17/h8-9,11-13,16H,4-7,10H2,1-3H3. The number of hydrogen-bond acceptors (Lipinski definition) is 2. The molecule has 0 amide bonds. The summed E-state index contributed by atoms with van der Waals surface area (Å²) in [4.78, 5) is 4.20. The fraction of sp³-hybridized carbons (Fsp3) is 0.786. The Morgan fingerprint density at radius 3 is 2.94 bits per heavy atom. The largest absolute Gasteiger partial charge is 0.333 e. The maximum Gasteiger partial charge on any atom is 0.0949 e. The van der Waals surface area contributed by atoms with Crippen molar-refractivity contribution in [3.05, 3.63) is 18.7 Å². The molecular formula is C14H25N3. The molecule has 2 atom stereocenters. The van der Waals surface area contributed by atoms with Gasteiger partial charge < -0.3 is 9.88 Å². The average Bonchev–Trinajstić information content (AvgIpc) is 2.80. The van der Waals surface area contributed by atoms with Gasteiger partial charge in [0.25, 0.3) is 0 Å². The molecule has 1 saturated carbocycles. The van der Waals surface area contributed by atoms with Gasteiger partial charge in [-0.1, -0.05) is 20.8 Å². The first kappa shape index (κ1) is 12.6. The third-order valence-electron chi connectivity index (χ3n) is 3.92. The number of imidazole rings is 1. The van der Waals surface area contributed by atoms with Crippen molar-refractivity contribution in [2.24, 2.45) is 5.41 Å². The minimum atomic E-state index is 0.458. The van der Waals surface area contributed by atoms with Gasteiger partial charge in [0.2, 0.25) is 0 Å². The van der Waals surface area contributed by atoms with Gasteiger partial charge in [0, 0.05) is 18.4 Å². The fourth-order valence-electron chi connectivity index (χ4n) is 2.90. The SMILES string of the molecule is CCCNC1CCC(C)(C)CC1n1ccnc1. The zero-order valence-corrected chi connectivity index (χ0v) is 11.3. The van der Waals surface area contributed by atoms with Gasteiger partial charge >= 0.3 is 0 Å². The van der Waals surface area contributed by atoms with E-state index in [1.54, 1.807) is 0 Å². The van der Waals surface area contributed by atoms with Crippen LogP contribution in [0.4, 0.5) is 0 Å². The molecule has 96 valence electrons. The molecule has 0 radical (unpaired) electrons. The molecule has 1 fully saturated rings. The van der Waals surface area contributed by atoms with Gasteiger partial charge in [-0.25, -0.2) is 4.98 Å². The van der Waals surface area contributed by atoms with Crippen LogP contribution in [-0.2, 0) is 0 Å². The van der Waals surface area contributed by atoms with E-state index in [0.29, 0.717) is 17.5 Å². The minimum absolute atomic E-state index is 0.458. The fourth-order valence-corrected chi connectivity index (χ4v) is 2.90. The molecule has 0 aliphatic heterocycles. The molecule has 0 saturated heterocycles. The zero-order valence-electron chi connectivity index (χ0n) is 11.3. The summed E-state index contributed by atoms with van der Waals surface area (Å²) in [7, 11) is 0. The van der Waals surface area contributed by atoms with Crippen LogP contribution in [0.3, 0.4) is 0 Å². The molecule has 0 aromatic carbocycles. The molecule has 2 unspecified atom stereocenters. The normalized spacial score (nSPS) is 28.2. The summed E-state index contributed by atoms with van der Waals surface area (Å²) in [6.07, 6.45) is 11.0. The summed E-state index contributed by atoms with van der Waals surface area (Å²) in [5.74, 6) is 0. The minimum Gasteiger partial charge on any atom is -0.333 e. The summed E-state index contributed by atoms with van der Waals surface area (Å²) in [6, 6.07) is 1.17. The second-order valence-corrected chi connectivity index (χ2v) is 6.04. The molecule has 1 aliphatic rings. The van der Waals surface area contributed by atoms with Crippen molar-refractivity contribution in [2.45, 2.75) is 58.5 Å². The van der Waals surface area contributed by atoms with E-state index < -0.39 is 0 Å². The monoisotopic (exact) mass is 235 g/mol. The summed E-state index contributed by atoms with van der Waals surface area (Å²) >= 11 is 0. The van der Waals surface area contributed by atoms with E-state index in [9.17, 15) is 0 Å². The summed E-state index contributed by atoms with van der Waals surface area (Å²) in [5.41, 5.74) is 0.458. The van der Waals surface area contributed by atoms with Gasteiger partial charge in [0.1, 0.15) is 0 Å². The van der Waals surface area contributed by atoms with E-state index >= 15 is 0 Å². The van der Waals surface area contributed by atoms with Gasteiger partial charge in [-0.05, 0) is 37.6 Å². The molecule has 0 spiro atoms. The molecule has 3 nitrogen and oxygen atoms in total. The second kappa shape index (κ2) is 5.21. The van der Waals surface area contributed by atoms with E-state index in [-0.39, 0.29) is 0 Å². The quantitative estimate of drug-likeness (QED) is 0.869. The predicted octanol–water partition coefficient (Wildman–Crippen LogP) is 3.00. The Morgan fingerprint density at radius 1 is 1.47 bits per heavy atom. The first-order valence-corrected chi connectivity index (χ1v) is 6.83. The van der Waals surface area contributed by atoms with Crippen LogP contribution in [0.15, 0.2) is 18.7 Å². The Kier molecular flexibility index (Phi) is 3.87. The van der Waals surface area contributed by atoms with Crippen molar-refractivity contribution in [3.63, 3.8) is 0 Å². The first-order valence-electron chi connectivity index (χ1n) is 6.83. The van der Waals surface area contributed by atoms with Crippen LogP contribution < -0.4 is 5.32 Å². The molecule has 1 aromatic rings. The third-order valence-corrected chi connectivity index (χ3v) is 3.92. The van der Waals surface area contributed by atoms with E-state index in [0.717, 1.165) is 6.54 Å². The van der Waals surface area contributed by atoms with Crippen LogP contribution >= 0.6 is 0 Å². The number of nitrogens with zero attached hydrogens (tertiary/aromatic N) is 2. The lowest BCUT2D eigenvalue weighted by atomic mass is 9.73. The lowest BCUT2D eigenvalue weighted by Crippen LogP contribution is -2.43. The molecule has 1 N–H and O–H groups in total. The first-order chi connectivity index (χ1) is 8.12. The Balaban J connectivity index is 2.09. The van der Waals surface area contributed by atoms with Gasteiger partial charge in [0.05, 0.1) is 12.4 Å². The van der Waals surface area contributed by atoms with E-state index in [1.165, 1.54) is 25.7 Å². The molecule has 1 aromatic heterocycles. The number of hydrogen-bond donors (Lipinski definition) is 1. The number of aromatic nitrogens is 2. The lowest BCUT2D eigenvalue weighted by Gasteiger charge is -2.41. The van der Waals surface area contributed by atoms with Gasteiger partial charge in [-0.2, -0.15) is 0 Å². The highest BCUT2D eigenvalue weighted by Crippen LogP contribution is 2.40. The van der Waals surface area contributed by atoms with Crippen molar-refractivity contribution in [1.29, 1.82) is 0 Å². The van der Waals surface area contributed by atoms with Crippen LogP contribution in [0, 0.1) is 5.41 Å². The summed E-state index contributed by atoms with van der Waals surface area (Å²) in [5, 5.41) is 3.70. The van der Waals surface area contributed by atoms with Gasteiger partial charge in [-0.3, -0.25) is 0 Å². The smallest absolute Gasteiger partial charge is 0.0949 e. The molecular weight excluding hydrogens is 210 g/mol. The van der Waals surface area contributed by atoms with Crippen LogP contribution in [0.1, 0.15) is 52.5 Å². The van der Waals surface area contributed by atoms with Crippen LogP contribution in [0.25, 0.3) is 0 Å². The van der Waals surface area contributed by atoms with Gasteiger partial charge in [0.15, 0.2) is 0 Å². The maximum absolute atomic E-state index is 4.20. The lowest BCUT2D eigenvalue weighted by molar-refractivity contribution is 0.142. The van der Waals surface area contributed by atoms with Crippen LogP contribution in [0.2, 0.25) is 0 Å². The topological polar surface area (TPSA) is 29.9 Å². The van der Waals surface area contributed by atoms with E-state index in [2.05, 4.69) is 41.8 Å². The summed E-state index contributed by atoms with van der Waals surface area (Å²) < 4.78 is 2.29. The van der Waals surface area contributed by atoms with E-state index in [4.69, 9.17) is 0 Å². The molecule has 17 heavy (non-hydrogen) atoms. The highest BCUT2D eigenvalue weighted by Gasteiger charge is 2.35. The summed E-state index contributed by atoms with van der Waals surface area (Å²) in [6.45, 7) is 8.11. The molecule has 2 rings (SSSR count). The average molecular weight is 235 g/mol. The highest BCUT2D eigenvalue weighted by atomic mass is 15.1. The Bertz CT molecular complexity index is 329. The van der Waals surface area contributed by atoms with Crippen molar-refractivity contribution in [1.82, 2.24) is 14.9 Å². The third kappa shape index (κ3) is 3.09. The van der Waals surface area contributed by atoms with Crippen molar-refractivity contribution < 1.29 is 0 Å². The van der Waals surface area contributed by atoms with E-state index in [1.807, 2.05) is 12.5 Å². The van der Waals surface area contributed by atoms with Crippen molar-refractivity contribution in [3.8, 4) is 0 Å². The van der Waals surface area contributed by atoms with Gasteiger partial charge in [-0.15, -0.1) is 0 Å². The van der Waals surface area contributed by atoms with Crippen molar-refractivity contribution >= 4 is 0 Å². The van der Waals surface area contributed by atoms with Crippen LogP contribution in [0.5, 0.6) is 0 Å². The second-order valence-electron chi connectivity index (χ2n) is 6.04.